The fraction of sp³-hybridized carbons (Fsp3) is 0.455. The van der Waals surface area contributed by atoms with Crippen LogP contribution in [0, 0.1) is 5.92 Å². The number of anilines is 1. The van der Waals surface area contributed by atoms with Gasteiger partial charge in [0.15, 0.2) is 6.61 Å². The lowest BCUT2D eigenvalue weighted by molar-refractivity contribution is -0.152. The molecule has 13 heteroatoms. The lowest BCUT2D eigenvalue weighted by Gasteiger charge is -2.29. The first-order valence-corrected chi connectivity index (χ1v) is 15.0. The highest BCUT2D eigenvalue weighted by Crippen LogP contribution is 2.27. The SMILES string of the molecule is O=C(COC(=O)C1CCN(S(=O)(=O)c2cccs2)CC1)Nc1ccc(S(=O)(=O)N2CCCC2)cc1. The maximum atomic E-state index is 12.6. The van der Waals surface area contributed by atoms with Gasteiger partial charge in [-0.05, 0) is 61.4 Å². The van der Waals surface area contributed by atoms with E-state index in [0.29, 0.717) is 31.6 Å². The zero-order chi connectivity index (χ0) is 25.1. The summed E-state index contributed by atoms with van der Waals surface area (Å²) in [7, 11) is -7.08. The Kier molecular flexibility index (Phi) is 7.91. The molecule has 1 aromatic carbocycles. The van der Waals surface area contributed by atoms with Crippen LogP contribution in [0.2, 0.25) is 0 Å². The lowest BCUT2D eigenvalue weighted by Crippen LogP contribution is -2.40. The number of nitrogens with zero attached hydrogens (tertiary/aromatic N) is 2. The van der Waals surface area contributed by atoms with Crippen molar-refractivity contribution in [1.82, 2.24) is 8.61 Å². The van der Waals surface area contributed by atoms with Crippen LogP contribution in [0.4, 0.5) is 5.69 Å². The summed E-state index contributed by atoms with van der Waals surface area (Å²) in [5, 5.41) is 4.28. The van der Waals surface area contributed by atoms with E-state index in [0.717, 1.165) is 24.2 Å². The van der Waals surface area contributed by atoms with Crippen molar-refractivity contribution in [2.45, 2.75) is 34.8 Å². The Hall–Kier alpha value is -2.32. The van der Waals surface area contributed by atoms with Crippen molar-refractivity contribution < 1.29 is 31.2 Å². The molecule has 4 rings (SSSR count). The van der Waals surface area contributed by atoms with Gasteiger partial charge in [0.2, 0.25) is 10.0 Å². The lowest BCUT2D eigenvalue weighted by atomic mass is 9.98. The van der Waals surface area contributed by atoms with Gasteiger partial charge in [-0.2, -0.15) is 8.61 Å². The fourth-order valence-corrected chi connectivity index (χ4v) is 8.24. The maximum absolute atomic E-state index is 12.6. The number of nitrogens with one attached hydrogen (secondary N) is 1. The minimum Gasteiger partial charge on any atom is -0.455 e. The van der Waals surface area contributed by atoms with E-state index in [1.165, 1.54) is 32.9 Å². The smallest absolute Gasteiger partial charge is 0.309 e. The Balaban J connectivity index is 1.23. The molecule has 0 radical (unpaired) electrons. The van der Waals surface area contributed by atoms with Crippen LogP contribution in [-0.4, -0.2) is 70.1 Å². The summed E-state index contributed by atoms with van der Waals surface area (Å²) in [6.45, 7) is 0.948. The Bertz CT molecular complexity index is 1250. The molecule has 0 atom stereocenters. The molecule has 190 valence electrons. The van der Waals surface area contributed by atoms with Gasteiger partial charge in [0, 0.05) is 31.9 Å². The number of hydrogen-bond donors (Lipinski definition) is 1. The molecule has 10 nitrogen and oxygen atoms in total. The van der Waals surface area contributed by atoms with Gasteiger partial charge in [-0.3, -0.25) is 9.59 Å². The van der Waals surface area contributed by atoms with Crippen molar-refractivity contribution in [3.63, 3.8) is 0 Å². The van der Waals surface area contributed by atoms with Gasteiger partial charge in [-0.25, -0.2) is 16.8 Å². The molecule has 0 spiro atoms. The molecule has 1 amide bonds. The Morgan fingerprint density at radius 2 is 1.54 bits per heavy atom. The summed E-state index contributed by atoms with van der Waals surface area (Å²) in [6, 6.07) is 9.09. The molecule has 35 heavy (non-hydrogen) atoms. The van der Waals surface area contributed by atoms with E-state index in [9.17, 15) is 26.4 Å². The number of esters is 1. The van der Waals surface area contributed by atoms with E-state index < -0.39 is 44.4 Å². The molecular weight excluding hydrogens is 514 g/mol. The predicted molar refractivity (Wildman–Crippen MR) is 130 cm³/mol. The van der Waals surface area contributed by atoms with E-state index >= 15 is 0 Å². The zero-order valence-corrected chi connectivity index (χ0v) is 21.4. The minimum atomic E-state index is -3.55. The normalized spacial score (nSPS) is 18.4. The van der Waals surface area contributed by atoms with Gasteiger partial charge >= 0.3 is 5.97 Å². The first-order valence-electron chi connectivity index (χ1n) is 11.3. The van der Waals surface area contributed by atoms with Crippen LogP contribution in [0.5, 0.6) is 0 Å². The van der Waals surface area contributed by atoms with Crippen molar-refractivity contribution >= 4 is 48.9 Å². The molecule has 0 unspecified atom stereocenters. The molecule has 0 aliphatic carbocycles. The van der Waals surface area contributed by atoms with Crippen molar-refractivity contribution in [2.24, 2.45) is 5.92 Å². The summed E-state index contributed by atoms with van der Waals surface area (Å²) >= 11 is 1.15. The Morgan fingerprint density at radius 1 is 0.914 bits per heavy atom. The highest BCUT2D eigenvalue weighted by atomic mass is 32.2. The van der Waals surface area contributed by atoms with Crippen molar-refractivity contribution in [2.75, 3.05) is 38.1 Å². The van der Waals surface area contributed by atoms with Crippen molar-refractivity contribution in [3.8, 4) is 0 Å². The van der Waals surface area contributed by atoms with Crippen LogP contribution < -0.4 is 5.32 Å². The maximum Gasteiger partial charge on any atom is 0.309 e. The topological polar surface area (TPSA) is 130 Å². The van der Waals surface area contributed by atoms with E-state index in [1.807, 2.05) is 0 Å². The summed E-state index contributed by atoms with van der Waals surface area (Å²) in [4.78, 5) is 24.7. The second-order valence-electron chi connectivity index (χ2n) is 8.40. The quantitative estimate of drug-likeness (QED) is 0.507. The molecule has 2 aromatic rings. The van der Waals surface area contributed by atoms with Gasteiger partial charge < -0.3 is 10.1 Å². The number of hydrogen-bond acceptors (Lipinski definition) is 8. The number of ether oxygens (including phenoxy) is 1. The number of piperidine rings is 1. The van der Waals surface area contributed by atoms with Crippen molar-refractivity contribution in [1.29, 1.82) is 0 Å². The Morgan fingerprint density at radius 3 is 2.14 bits per heavy atom. The highest BCUT2D eigenvalue weighted by Gasteiger charge is 2.33. The van der Waals surface area contributed by atoms with Crippen LogP contribution >= 0.6 is 11.3 Å². The molecule has 2 aliphatic heterocycles. The molecule has 2 fully saturated rings. The molecule has 2 saturated heterocycles. The van der Waals surface area contributed by atoms with Crippen LogP contribution in [0.25, 0.3) is 0 Å². The van der Waals surface area contributed by atoms with E-state index in [-0.39, 0.29) is 22.2 Å². The summed E-state index contributed by atoms with van der Waals surface area (Å²) in [5.41, 5.74) is 0.388. The molecule has 3 heterocycles. The Labute approximate surface area is 209 Å². The standard InChI is InChI=1S/C22H27N3O7S3/c26-20(23-18-5-7-19(8-6-18)34(28,29)24-11-1-2-12-24)16-32-22(27)17-9-13-25(14-10-17)35(30,31)21-4-3-15-33-21/h3-8,15,17H,1-2,9-14,16H2,(H,23,26). The monoisotopic (exact) mass is 541 g/mol. The van der Waals surface area contributed by atoms with E-state index in [4.69, 9.17) is 4.74 Å². The third-order valence-corrected chi connectivity index (χ3v) is 11.2. The molecule has 2 aliphatic rings. The average molecular weight is 542 g/mol. The van der Waals surface area contributed by atoms with Gasteiger partial charge in [-0.15, -0.1) is 11.3 Å². The third kappa shape index (κ3) is 5.92. The van der Waals surface area contributed by atoms with Crippen LogP contribution in [0.15, 0.2) is 50.9 Å². The second kappa shape index (κ2) is 10.7. The second-order valence-corrected chi connectivity index (χ2v) is 13.5. The number of rotatable bonds is 8. The zero-order valence-electron chi connectivity index (χ0n) is 19.0. The van der Waals surface area contributed by atoms with Crippen molar-refractivity contribution in [3.05, 3.63) is 41.8 Å². The molecule has 1 aromatic heterocycles. The molecule has 0 saturated carbocycles. The van der Waals surface area contributed by atoms with Gasteiger partial charge in [0.1, 0.15) is 4.21 Å². The molecule has 0 bridgehead atoms. The highest BCUT2D eigenvalue weighted by molar-refractivity contribution is 7.91. The van der Waals surface area contributed by atoms with E-state index in [1.54, 1.807) is 17.5 Å². The van der Waals surface area contributed by atoms with Crippen LogP contribution in [0.1, 0.15) is 25.7 Å². The number of sulfonamides is 2. The number of amides is 1. The average Bonchev–Trinajstić information content (AvgIpc) is 3.58. The first-order chi connectivity index (χ1) is 16.7. The minimum absolute atomic E-state index is 0.163. The molecular formula is C22H27N3O7S3. The van der Waals surface area contributed by atoms with Crippen LogP contribution in [-0.2, 0) is 34.4 Å². The number of thiophene rings is 1. The van der Waals surface area contributed by atoms with Gasteiger partial charge in [0.05, 0.1) is 10.8 Å². The van der Waals surface area contributed by atoms with Gasteiger partial charge in [-0.1, -0.05) is 6.07 Å². The fourth-order valence-electron chi connectivity index (χ4n) is 4.11. The van der Waals surface area contributed by atoms with Crippen LogP contribution in [0.3, 0.4) is 0 Å². The largest absolute Gasteiger partial charge is 0.455 e. The molecule has 1 N–H and O–H groups in total. The number of carbonyl (C=O) groups excluding carboxylic acids is 2. The van der Waals surface area contributed by atoms with Gasteiger partial charge in [0.25, 0.3) is 15.9 Å². The number of benzene rings is 1. The van der Waals surface area contributed by atoms with E-state index in [2.05, 4.69) is 5.32 Å². The summed E-state index contributed by atoms with van der Waals surface area (Å²) < 4.78 is 58.5. The summed E-state index contributed by atoms with van der Waals surface area (Å²) in [5.74, 6) is -1.57. The third-order valence-electron chi connectivity index (χ3n) is 6.06. The summed E-state index contributed by atoms with van der Waals surface area (Å²) in [6.07, 6.45) is 2.33. The number of carbonyl (C=O) groups is 2. The predicted octanol–water partition coefficient (Wildman–Crippen LogP) is 2.12. The first kappa shape index (κ1) is 25.8.